The molecule has 0 atom stereocenters. The Morgan fingerprint density at radius 1 is 1.21 bits per heavy atom. The van der Waals surface area contributed by atoms with Gasteiger partial charge in [-0.1, -0.05) is 35.9 Å². The zero-order valence-electron chi connectivity index (χ0n) is 10.9. The van der Waals surface area contributed by atoms with E-state index in [9.17, 15) is 4.79 Å². The number of benzene rings is 1. The van der Waals surface area contributed by atoms with E-state index < -0.39 is 5.97 Å². The molecule has 4 heteroatoms. The van der Waals surface area contributed by atoms with Crippen LogP contribution >= 0.6 is 11.8 Å². The first-order valence-corrected chi connectivity index (χ1v) is 6.91. The average molecular weight is 273 g/mol. The van der Waals surface area contributed by atoms with Crippen LogP contribution in [0.25, 0.3) is 0 Å². The number of ether oxygens (including phenoxy) is 1. The van der Waals surface area contributed by atoms with E-state index in [4.69, 9.17) is 0 Å². The molecule has 0 spiro atoms. The Bertz CT molecular complexity index is 567. The standard InChI is InChI=1S/C15H15NO2S/c1-11-6-8-12(9-7-11)10-19-14-5-3-4-13(16-14)15(17)18-2/h3-9H,10H2,1-2H3. The summed E-state index contributed by atoms with van der Waals surface area (Å²) in [6.45, 7) is 2.07. The van der Waals surface area contributed by atoms with Crippen molar-refractivity contribution in [2.45, 2.75) is 17.7 Å². The Morgan fingerprint density at radius 3 is 2.63 bits per heavy atom. The number of methoxy groups -OCH3 is 1. The molecule has 98 valence electrons. The summed E-state index contributed by atoms with van der Waals surface area (Å²) in [6.07, 6.45) is 0. The van der Waals surface area contributed by atoms with Gasteiger partial charge in [0, 0.05) is 5.75 Å². The topological polar surface area (TPSA) is 39.2 Å². The van der Waals surface area contributed by atoms with Gasteiger partial charge in [0.05, 0.1) is 12.1 Å². The van der Waals surface area contributed by atoms with Crippen molar-refractivity contribution in [2.24, 2.45) is 0 Å². The number of esters is 1. The zero-order chi connectivity index (χ0) is 13.7. The maximum Gasteiger partial charge on any atom is 0.356 e. The fourth-order valence-electron chi connectivity index (χ4n) is 1.56. The molecule has 0 aliphatic heterocycles. The lowest BCUT2D eigenvalue weighted by Crippen LogP contribution is -2.04. The van der Waals surface area contributed by atoms with Gasteiger partial charge in [-0.25, -0.2) is 9.78 Å². The van der Waals surface area contributed by atoms with Crippen LogP contribution in [0.1, 0.15) is 21.6 Å². The SMILES string of the molecule is COC(=O)c1cccc(SCc2ccc(C)cc2)n1. The van der Waals surface area contributed by atoms with E-state index in [2.05, 4.69) is 40.9 Å². The van der Waals surface area contributed by atoms with Gasteiger partial charge in [-0.3, -0.25) is 0 Å². The van der Waals surface area contributed by atoms with Gasteiger partial charge < -0.3 is 4.74 Å². The highest BCUT2D eigenvalue weighted by Crippen LogP contribution is 2.21. The van der Waals surface area contributed by atoms with Crippen molar-refractivity contribution in [3.8, 4) is 0 Å². The lowest BCUT2D eigenvalue weighted by Gasteiger charge is -2.04. The maximum absolute atomic E-state index is 11.4. The largest absolute Gasteiger partial charge is 0.464 e. The van der Waals surface area contributed by atoms with Crippen molar-refractivity contribution in [3.63, 3.8) is 0 Å². The van der Waals surface area contributed by atoms with Crippen molar-refractivity contribution in [3.05, 3.63) is 59.3 Å². The molecule has 0 amide bonds. The second-order valence-electron chi connectivity index (χ2n) is 4.13. The van der Waals surface area contributed by atoms with Gasteiger partial charge in [0.1, 0.15) is 5.69 Å². The van der Waals surface area contributed by atoms with Crippen LogP contribution in [-0.4, -0.2) is 18.1 Å². The van der Waals surface area contributed by atoms with E-state index in [1.54, 1.807) is 17.8 Å². The smallest absolute Gasteiger partial charge is 0.356 e. The molecule has 0 radical (unpaired) electrons. The third-order valence-electron chi connectivity index (χ3n) is 2.63. The second kappa shape index (κ2) is 6.38. The molecule has 1 heterocycles. The predicted molar refractivity (Wildman–Crippen MR) is 76.3 cm³/mol. The summed E-state index contributed by atoms with van der Waals surface area (Å²) < 4.78 is 4.66. The molecule has 0 aliphatic carbocycles. The van der Waals surface area contributed by atoms with Crippen molar-refractivity contribution in [2.75, 3.05) is 7.11 Å². The number of pyridine rings is 1. The summed E-state index contributed by atoms with van der Waals surface area (Å²) in [5.41, 5.74) is 2.83. The van der Waals surface area contributed by atoms with Crippen molar-refractivity contribution >= 4 is 17.7 Å². The van der Waals surface area contributed by atoms with Crippen LogP contribution in [0, 0.1) is 6.92 Å². The van der Waals surface area contributed by atoms with Gasteiger partial charge in [-0.2, -0.15) is 0 Å². The summed E-state index contributed by atoms with van der Waals surface area (Å²) in [5.74, 6) is 0.426. The van der Waals surface area contributed by atoms with Crippen molar-refractivity contribution < 1.29 is 9.53 Å². The summed E-state index contributed by atoms with van der Waals surface area (Å²) in [6, 6.07) is 13.8. The monoisotopic (exact) mass is 273 g/mol. The number of aromatic nitrogens is 1. The van der Waals surface area contributed by atoms with Gasteiger partial charge in [0.2, 0.25) is 0 Å². The number of hydrogen-bond donors (Lipinski definition) is 0. The number of aryl methyl sites for hydroxylation is 1. The Morgan fingerprint density at radius 2 is 1.95 bits per heavy atom. The van der Waals surface area contributed by atoms with E-state index in [0.29, 0.717) is 5.69 Å². The molecule has 0 aliphatic rings. The highest BCUT2D eigenvalue weighted by molar-refractivity contribution is 7.98. The fraction of sp³-hybridized carbons (Fsp3) is 0.200. The zero-order valence-corrected chi connectivity index (χ0v) is 11.7. The van der Waals surface area contributed by atoms with E-state index in [-0.39, 0.29) is 0 Å². The minimum atomic E-state index is -0.405. The lowest BCUT2D eigenvalue weighted by atomic mass is 10.2. The molecule has 0 unspecified atom stereocenters. The van der Waals surface area contributed by atoms with E-state index in [1.807, 2.05) is 12.1 Å². The number of carbonyl (C=O) groups is 1. The van der Waals surface area contributed by atoms with Crippen LogP contribution in [0.5, 0.6) is 0 Å². The number of carbonyl (C=O) groups excluding carboxylic acids is 1. The molecule has 1 aromatic heterocycles. The Hall–Kier alpha value is -1.81. The summed E-state index contributed by atoms with van der Waals surface area (Å²) in [4.78, 5) is 15.6. The van der Waals surface area contributed by atoms with Crippen molar-refractivity contribution in [1.29, 1.82) is 0 Å². The Kier molecular flexibility index (Phi) is 4.58. The molecule has 0 bridgehead atoms. The highest BCUT2D eigenvalue weighted by Gasteiger charge is 2.07. The normalized spacial score (nSPS) is 10.2. The van der Waals surface area contributed by atoms with Crippen molar-refractivity contribution in [1.82, 2.24) is 4.98 Å². The first-order valence-electron chi connectivity index (χ1n) is 5.93. The minimum absolute atomic E-state index is 0.344. The Labute approximate surface area is 117 Å². The van der Waals surface area contributed by atoms with Gasteiger partial charge in [-0.05, 0) is 24.6 Å². The highest BCUT2D eigenvalue weighted by atomic mass is 32.2. The van der Waals surface area contributed by atoms with E-state index in [1.165, 1.54) is 18.2 Å². The predicted octanol–water partition coefficient (Wildman–Crippen LogP) is 3.47. The molecule has 0 saturated heterocycles. The van der Waals surface area contributed by atoms with E-state index in [0.717, 1.165) is 10.8 Å². The Balaban J connectivity index is 2.03. The van der Waals surface area contributed by atoms with E-state index >= 15 is 0 Å². The number of rotatable bonds is 4. The molecular weight excluding hydrogens is 258 g/mol. The molecular formula is C15H15NO2S. The quantitative estimate of drug-likeness (QED) is 0.631. The van der Waals surface area contributed by atoms with Gasteiger partial charge in [0.25, 0.3) is 0 Å². The molecule has 2 aromatic rings. The first-order chi connectivity index (χ1) is 9.19. The number of hydrogen-bond acceptors (Lipinski definition) is 4. The summed E-state index contributed by atoms with van der Waals surface area (Å²) in [7, 11) is 1.36. The van der Waals surface area contributed by atoms with Crippen LogP contribution in [0.2, 0.25) is 0 Å². The first kappa shape index (κ1) is 13.6. The van der Waals surface area contributed by atoms with Crippen LogP contribution in [0.3, 0.4) is 0 Å². The summed E-state index contributed by atoms with van der Waals surface area (Å²) >= 11 is 1.60. The maximum atomic E-state index is 11.4. The van der Waals surface area contributed by atoms with Crippen LogP contribution in [0.15, 0.2) is 47.5 Å². The van der Waals surface area contributed by atoms with Gasteiger partial charge in [-0.15, -0.1) is 11.8 Å². The molecule has 0 fully saturated rings. The molecule has 0 N–H and O–H groups in total. The van der Waals surface area contributed by atoms with Gasteiger partial charge >= 0.3 is 5.97 Å². The third kappa shape index (κ3) is 3.83. The molecule has 0 saturated carbocycles. The fourth-order valence-corrected chi connectivity index (χ4v) is 2.40. The molecule has 3 nitrogen and oxygen atoms in total. The van der Waals surface area contributed by atoms with Crippen LogP contribution < -0.4 is 0 Å². The number of nitrogens with zero attached hydrogens (tertiary/aromatic N) is 1. The molecule has 2 rings (SSSR count). The average Bonchev–Trinajstić information content (AvgIpc) is 2.46. The third-order valence-corrected chi connectivity index (χ3v) is 3.63. The van der Waals surface area contributed by atoms with Gasteiger partial charge in [0.15, 0.2) is 0 Å². The summed E-state index contributed by atoms with van der Waals surface area (Å²) in [5, 5.41) is 0.823. The minimum Gasteiger partial charge on any atom is -0.464 e. The second-order valence-corrected chi connectivity index (χ2v) is 5.12. The molecule has 1 aromatic carbocycles. The molecule has 19 heavy (non-hydrogen) atoms. The lowest BCUT2D eigenvalue weighted by molar-refractivity contribution is 0.0593. The number of thioether (sulfide) groups is 1. The van der Waals surface area contributed by atoms with Crippen LogP contribution in [0.4, 0.5) is 0 Å². The van der Waals surface area contributed by atoms with Crippen LogP contribution in [-0.2, 0) is 10.5 Å².